The molecule has 0 radical (unpaired) electrons. The average Bonchev–Trinajstić information content (AvgIpc) is 2.73. The summed E-state index contributed by atoms with van der Waals surface area (Å²) in [5, 5.41) is 6.90. The molecule has 2 aliphatic heterocycles. The Morgan fingerprint density at radius 3 is 2.45 bits per heavy atom. The van der Waals surface area contributed by atoms with Gasteiger partial charge in [-0.1, -0.05) is 33.1 Å². The first kappa shape index (κ1) is 17.8. The molecule has 2 fully saturated rings. The molecule has 3 nitrogen and oxygen atoms in total. The van der Waals surface area contributed by atoms with Crippen molar-refractivity contribution in [3.63, 3.8) is 0 Å². The molecule has 0 saturated carbocycles. The number of carbonyl (C=O) groups is 1. The van der Waals surface area contributed by atoms with Crippen molar-refractivity contribution in [1.29, 1.82) is 0 Å². The van der Waals surface area contributed by atoms with Crippen LogP contribution in [0.2, 0.25) is 0 Å². The van der Waals surface area contributed by atoms with Crippen LogP contribution in [0.5, 0.6) is 0 Å². The van der Waals surface area contributed by atoms with Gasteiger partial charge in [0.25, 0.3) is 0 Å². The van der Waals surface area contributed by atoms with Gasteiger partial charge in [-0.3, -0.25) is 4.79 Å². The number of unbranched alkanes of at least 4 members (excludes halogenated alkanes) is 1. The summed E-state index contributed by atoms with van der Waals surface area (Å²) in [6, 6.07) is 1.74. The first-order valence-electron chi connectivity index (χ1n) is 8.26. The first-order valence-corrected chi connectivity index (χ1v) is 8.26. The number of hydrogen-bond donors (Lipinski definition) is 2. The lowest BCUT2D eigenvalue weighted by molar-refractivity contribution is -0.123. The molecule has 0 aromatic carbocycles. The number of nitrogens with one attached hydrogen (secondary N) is 2. The SMILES string of the molecule is CCCCC(CC)CC(=O)NC1CC2CCC(C1)N2.Cl. The van der Waals surface area contributed by atoms with E-state index >= 15 is 0 Å². The van der Waals surface area contributed by atoms with Crippen molar-refractivity contribution in [2.45, 2.75) is 89.8 Å². The van der Waals surface area contributed by atoms with E-state index < -0.39 is 0 Å². The average molecular weight is 303 g/mol. The second-order valence-corrected chi connectivity index (χ2v) is 6.49. The van der Waals surface area contributed by atoms with Crippen molar-refractivity contribution >= 4 is 18.3 Å². The molecule has 118 valence electrons. The van der Waals surface area contributed by atoms with E-state index in [1.165, 1.54) is 32.1 Å². The van der Waals surface area contributed by atoms with Gasteiger partial charge in [-0.15, -0.1) is 12.4 Å². The lowest BCUT2D eigenvalue weighted by Crippen LogP contribution is -2.48. The molecule has 1 amide bonds. The van der Waals surface area contributed by atoms with Gasteiger partial charge >= 0.3 is 0 Å². The lowest BCUT2D eigenvalue weighted by Gasteiger charge is -2.30. The molecule has 2 heterocycles. The molecule has 2 rings (SSSR count). The zero-order valence-corrected chi connectivity index (χ0v) is 13.8. The molecule has 0 aromatic heterocycles. The summed E-state index contributed by atoms with van der Waals surface area (Å²) >= 11 is 0. The number of carbonyl (C=O) groups excluding carboxylic acids is 1. The topological polar surface area (TPSA) is 41.1 Å². The molecule has 20 heavy (non-hydrogen) atoms. The summed E-state index contributed by atoms with van der Waals surface area (Å²) < 4.78 is 0. The number of fused-ring (bicyclic) bond motifs is 2. The molecule has 2 aliphatic rings. The van der Waals surface area contributed by atoms with Gasteiger partial charge in [-0.05, 0) is 38.0 Å². The Kier molecular flexibility index (Phi) is 7.90. The van der Waals surface area contributed by atoms with Crippen LogP contribution >= 0.6 is 12.4 Å². The van der Waals surface area contributed by atoms with Gasteiger partial charge in [0.05, 0.1) is 0 Å². The van der Waals surface area contributed by atoms with Gasteiger partial charge in [-0.2, -0.15) is 0 Å². The van der Waals surface area contributed by atoms with E-state index in [0.29, 0.717) is 24.0 Å². The fraction of sp³-hybridized carbons (Fsp3) is 0.938. The number of rotatable bonds is 7. The van der Waals surface area contributed by atoms with Crippen molar-refractivity contribution in [2.24, 2.45) is 5.92 Å². The van der Waals surface area contributed by atoms with E-state index in [4.69, 9.17) is 0 Å². The van der Waals surface area contributed by atoms with Crippen molar-refractivity contribution < 1.29 is 4.79 Å². The summed E-state index contributed by atoms with van der Waals surface area (Å²) in [5.74, 6) is 0.868. The van der Waals surface area contributed by atoms with Crippen LogP contribution in [0.25, 0.3) is 0 Å². The number of hydrogen-bond acceptors (Lipinski definition) is 2. The molecule has 2 bridgehead atoms. The molecule has 3 unspecified atom stereocenters. The van der Waals surface area contributed by atoms with Crippen LogP contribution in [0.1, 0.15) is 71.6 Å². The monoisotopic (exact) mass is 302 g/mol. The van der Waals surface area contributed by atoms with Gasteiger partial charge in [-0.25, -0.2) is 0 Å². The smallest absolute Gasteiger partial charge is 0.220 e. The Morgan fingerprint density at radius 2 is 1.90 bits per heavy atom. The van der Waals surface area contributed by atoms with Crippen LogP contribution in [0.3, 0.4) is 0 Å². The van der Waals surface area contributed by atoms with Crippen molar-refractivity contribution in [3.8, 4) is 0 Å². The summed E-state index contributed by atoms with van der Waals surface area (Å²) in [6.07, 6.45) is 10.4. The van der Waals surface area contributed by atoms with Crippen molar-refractivity contribution in [1.82, 2.24) is 10.6 Å². The van der Waals surface area contributed by atoms with Crippen LogP contribution in [0.15, 0.2) is 0 Å². The largest absolute Gasteiger partial charge is 0.353 e. The Morgan fingerprint density at radius 1 is 1.25 bits per heavy atom. The third kappa shape index (κ3) is 5.25. The van der Waals surface area contributed by atoms with E-state index in [1.807, 2.05) is 0 Å². The number of amides is 1. The number of piperidine rings is 1. The summed E-state index contributed by atoms with van der Waals surface area (Å²) in [4.78, 5) is 12.1. The highest BCUT2D eigenvalue weighted by atomic mass is 35.5. The second-order valence-electron chi connectivity index (χ2n) is 6.49. The Hall–Kier alpha value is -0.280. The highest BCUT2D eigenvalue weighted by molar-refractivity contribution is 5.85. The maximum atomic E-state index is 12.1. The van der Waals surface area contributed by atoms with Gasteiger partial charge in [0.1, 0.15) is 0 Å². The van der Waals surface area contributed by atoms with E-state index in [0.717, 1.165) is 25.7 Å². The third-order valence-electron chi connectivity index (χ3n) is 4.86. The van der Waals surface area contributed by atoms with E-state index in [2.05, 4.69) is 24.5 Å². The molecule has 2 N–H and O–H groups in total. The maximum absolute atomic E-state index is 12.1. The predicted molar refractivity (Wildman–Crippen MR) is 86.3 cm³/mol. The molecule has 0 aliphatic carbocycles. The molecule has 3 atom stereocenters. The van der Waals surface area contributed by atoms with Crippen LogP contribution in [0, 0.1) is 5.92 Å². The van der Waals surface area contributed by atoms with Gasteiger partial charge < -0.3 is 10.6 Å². The minimum atomic E-state index is 0. The van der Waals surface area contributed by atoms with Crippen molar-refractivity contribution in [2.75, 3.05) is 0 Å². The van der Waals surface area contributed by atoms with Gasteiger partial charge in [0.2, 0.25) is 5.91 Å². The molecule has 0 spiro atoms. The van der Waals surface area contributed by atoms with E-state index in [-0.39, 0.29) is 18.3 Å². The highest BCUT2D eigenvalue weighted by Gasteiger charge is 2.34. The van der Waals surface area contributed by atoms with Crippen molar-refractivity contribution in [3.05, 3.63) is 0 Å². The summed E-state index contributed by atoms with van der Waals surface area (Å²) in [6.45, 7) is 4.43. The zero-order valence-electron chi connectivity index (χ0n) is 13.0. The standard InChI is InChI=1S/C16H30N2O.ClH/c1-3-5-6-12(4-2)9-16(19)18-15-10-13-7-8-14(11-15)17-13;/h12-15,17H,3-11H2,1-2H3,(H,18,19);1H. The molecular formula is C16H31ClN2O. The predicted octanol–water partition coefficient (Wildman–Crippen LogP) is 3.41. The third-order valence-corrected chi connectivity index (χ3v) is 4.86. The minimum Gasteiger partial charge on any atom is -0.353 e. The molecule has 4 heteroatoms. The quantitative estimate of drug-likeness (QED) is 0.756. The Balaban J connectivity index is 0.00000200. The Bertz CT molecular complexity index is 286. The fourth-order valence-electron chi connectivity index (χ4n) is 3.67. The molecule has 0 aromatic rings. The van der Waals surface area contributed by atoms with Crippen LogP contribution in [-0.4, -0.2) is 24.0 Å². The van der Waals surface area contributed by atoms with E-state index in [1.54, 1.807) is 0 Å². The first-order chi connectivity index (χ1) is 9.21. The highest BCUT2D eigenvalue weighted by Crippen LogP contribution is 2.27. The van der Waals surface area contributed by atoms with E-state index in [9.17, 15) is 4.79 Å². The number of halogens is 1. The lowest BCUT2D eigenvalue weighted by atomic mass is 9.94. The van der Waals surface area contributed by atoms with Gasteiger partial charge in [0.15, 0.2) is 0 Å². The van der Waals surface area contributed by atoms with Crippen LogP contribution in [-0.2, 0) is 4.79 Å². The molecule has 2 saturated heterocycles. The summed E-state index contributed by atoms with van der Waals surface area (Å²) in [7, 11) is 0. The normalized spacial score (nSPS) is 29.6. The molecular weight excluding hydrogens is 272 g/mol. The van der Waals surface area contributed by atoms with Gasteiger partial charge in [0, 0.05) is 24.5 Å². The van der Waals surface area contributed by atoms with Crippen LogP contribution < -0.4 is 10.6 Å². The zero-order chi connectivity index (χ0) is 13.7. The van der Waals surface area contributed by atoms with Crippen LogP contribution in [0.4, 0.5) is 0 Å². The maximum Gasteiger partial charge on any atom is 0.220 e. The summed E-state index contributed by atoms with van der Waals surface area (Å²) in [5.41, 5.74) is 0. The second kappa shape index (κ2) is 8.89. The fourth-order valence-corrected chi connectivity index (χ4v) is 3.67. The minimum absolute atomic E-state index is 0. The Labute approximate surface area is 130 Å².